The van der Waals surface area contributed by atoms with E-state index in [2.05, 4.69) is 31.5 Å². The molecule has 6 heteroatoms. The van der Waals surface area contributed by atoms with Crippen LogP contribution in [0.3, 0.4) is 0 Å². The van der Waals surface area contributed by atoms with E-state index < -0.39 is 0 Å². The molecule has 18 heavy (non-hydrogen) atoms. The first-order valence-corrected chi connectivity index (χ1v) is 7.36. The van der Waals surface area contributed by atoms with Crippen molar-refractivity contribution >= 4 is 48.5 Å². The molecule has 0 fully saturated rings. The van der Waals surface area contributed by atoms with Crippen LogP contribution >= 0.6 is 27.3 Å². The number of nitrogens with one attached hydrogen (secondary N) is 2. The highest BCUT2D eigenvalue weighted by atomic mass is 79.9. The number of carbonyl (C=O) groups is 1. The van der Waals surface area contributed by atoms with Crippen LogP contribution in [0.15, 0.2) is 22.7 Å². The fourth-order valence-corrected chi connectivity index (χ4v) is 2.87. The molecule has 0 saturated heterocycles. The monoisotopic (exact) mass is 327 g/mol. The Balaban J connectivity index is 1.97. The molecule has 2 aromatic rings. The van der Waals surface area contributed by atoms with Crippen LogP contribution in [-0.2, 0) is 4.79 Å². The molecule has 1 amide bonds. The van der Waals surface area contributed by atoms with Gasteiger partial charge in [0.1, 0.15) is 0 Å². The van der Waals surface area contributed by atoms with E-state index in [1.54, 1.807) is 11.3 Å². The molecule has 0 bridgehead atoms. The van der Waals surface area contributed by atoms with Crippen LogP contribution in [0.2, 0.25) is 0 Å². The Hall–Kier alpha value is -1.14. The second kappa shape index (κ2) is 6.15. The third-order valence-electron chi connectivity index (χ3n) is 2.32. The highest BCUT2D eigenvalue weighted by molar-refractivity contribution is 9.10. The first-order chi connectivity index (χ1) is 8.69. The highest BCUT2D eigenvalue weighted by Gasteiger charge is 2.05. The van der Waals surface area contributed by atoms with Gasteiger partial charge in [-0.15, -0.1) is 0 Å². The molecule has 0 aliphatic carbocycles. The van der Waals surface area contributed by atoms with Gasteiger partial charge in [0, 0.05) is 11.0 Å². The van der Waals surface area contributed by atoms with Crippen LogP contribution in [0.25, 0.3) is 10.2 Å². The van der Waals surface area contributed by atoms with Gasteiger partial charge >= 0.3 is 0 Å². The molecule has 0 spiro atoms. The fourth-order valence-electron chi connectivity index (χ4n) is 1.46. The molecule has 1 aromatic heterocycles. The van der Waals surface area contributed by atoms with Crippen LogP contribution < -0.4 is 10.6 Å². The van der Waals surface area contributed by atoms with E-state index in [0.717, 1.165) is 26.2 Å². The summed E-state index contributed by atoms with van der Waals surface area (Å²) in [4.78, 5) is 15.9. The number of hydrogen-bond acceptors (Lipinski definition) is 4. The van der Waals surface area contributed by atoms with Crippen LogP contribution in [0.5, 0.6) is 0 Å². The smallest absolute Gasteiger partial charge is 0.239 e. The largest absolute Gasteiger partial charge is 0.355 e. The number of hydrogen-bond donors (Lipinski definition) is 2. The average Bonchev–Trinajstić information content (AvgIpc) is 2.75. The van der Waals surface area contributed by atoms with Crippen molar-refractivity contribution in [2.24, 2.45) is 0 Å². The number of rotatable bonds is 5. The van der Waals surface area contributed by atoms with Gasteiger partial charge in [0.15, 0.2) is 5.13 Å². The Morgan fingerprint density at radius 3 is 3.11 bits per heavy atom. The van der Waals surface area contributed by atoms with Crippen molar-refractivity contribution in [3.05, 3.63) is 22.7 Å². The lowest BCUT2D eigenvalue weighted by Crippen LogP contribution is -2.30. The van der Waals surface area contributed by atoms with Crippen molar-refractivity contribution in [1.82, 2.24) is 10.3 Å². The van der Waals surface area contributed by atoms with Crippen LogP contribution in [0.1, 0.15) is 13.3 Å². The predicted octanol–water partition coefficient (Wildman–Crippen LogP) is 3.00. The molecule has 0 radical (unpaired) electrons. The fraction of sp³-hybridized carbons (Fsp3) is 0.333. The van der Waals surface area contributed by atoms with E-state index in [0.29, 0.717) is 6.54 Å². The molecule has 0 aliphatic rings. The Labute approximate surface area is 118 Å². The van der Waals surface area contributed by atoms with Gasteiger partial charge in [0.2, 0.25) is 5.91 Å². The zero-order chi connectivity index (χ0) is 13.0. The van der Waals surface area contributed by atoms with E-state index in [9.17, 15) is 4.79 Å². The maximum Gasteiger partial charge on any atom is 0.239 e. The number of nitrogens with zero attached hydrogens (tertiary/aromatic N) is 1. The number of anilines is 1. The minimum absolute atomic E-state index is 0.00251. The Morgan fingerprint density at radius 2 is 2.33 bits per heavy atom. The number of benzene rings is 1. The van der Waals surface area contributed by atoms with Gasteiger partial charge in [-0.3, -0.25) is 4.79 Å². The number of aromatic nitrogens is 1. The van der Waals surface area contributed by atoms with E-state index >= 15 is 0 Å². The third kappa shape index (κ3) is 3.43. The summed E-state index contributed by atoms with van der Waals surface area (Å²) in [6, 6.07) is 5.94. The molecular formula is C12H14BrN3OS. The molecule has 4 nitrogen and oxygen atoms in total. The minimum atomic E-state index is -0.00251. The minimum Gasteiger partial charge on any atom is -0.355 e. The predicted molar refractivity (Wildman–Crippen MR) is 79.1 cm³/mol. The zero-order valence-electron chi connectivity index (χ0n) is 10.00. The van der Waals surface area contributed by atoms with Gasteiger partial charge in [-0.05, 0) is 24.6 Å². The summed E-state index contributed by atoms with van der Waals surface area (Å²) < 4.78 is 2.13. The second-order valence-electron chi connectivity index (χ2n) is 3.83. The lowest BCUT2D eigenvalue weighted by molar-refractivity contribution is -0.119. The molecule has 1 aromatic carbocycles. The standard InChI is InChI=1S/C12H14BrN3OS/c1-2-5-14-11(17)7-15-12-16-9-4-3-8(13)6-10(9)18-12/h3-4,6H,2,5,7H2,1H3,(H,14,17)(H,15,16). The third-order valence-corrected chi connectivity index (χ3v) is 3.79. The normalized spacial score (nSPS) is 10.6. The lowest BCUT2D eigenvalue weighted by Gasteiger charge is -2.03. The maximum absolute atomic E-state index is 11.4. The summed E-state index contributed by atoms with van der Waals surface area (Å²) in [5, 5.41) is 6.63. The summed E-state index contributed by atoms with van der Waals surface area (Å²) in [6.07, 6.45) is 0.945. The van der Waals surface area contributed by atoms with E-state index in [-0.39, 0.29) is 12.5 Å². The van der Waals surface area contributed by atoms with E-state index in [1.807, 2.05) is 25.1 Å². The van der Waals surface area contributed by atoms with Crippen LogP contribution in [-0.4, -0.2) is 24.0 Å². The molecular weight excluding hydrogens is 314 g/mol. The molecule has 2 N–H and O–H groups in total. The van der Waals surface area contributed by atoms with Crippen molar-refractivity contribution in [2.45, 2.75) is 13.3 Å². The van der Waals surface area contributed by atoms with Crippen molar-refractivity contribution in [2.75, 3.05) is 18.4 Å². The average molecular weight is 328 g/mol. The summed E-state index contributed by atoms with van der Waals surface area (Å²) in [5.41, 5.74) is 0.944. The first-order valence-electron chi connectivity index (χ1n) is 5.75. The van der Waals surface area contributed by atoms with Gasteiger partial charge < -0.3 is 10.6 Å². The zero-order valence-corrected chi connectivity index (χ0v) is 12.4. The second-order valence-corrected chi connectivity index (χ2v) is 5.78. The van der Waals surface area contributed by atoms with Gasteiger partial charge in [0.25, 0.3) is 0 Å². The van der Waals surface area contributed by atoms with E-state index in [4.69, 9.17) is 0 Å². The summed E-state index contributed by atoms with van der Waals surface area (Å²) in [7, 11) is 0. The molecule has 0 unspecified atom stereocenters. The first kappa shape index (κ1) is 13.3. The van der Waals surface area contributed by atoms with E-state index in [1.165, 1.54) is 0 Å². The van der Waals surface area contributed by atoms with Gasteiger partial charge in [-0.25, -0.2) is 4.98 Å². The van der Waals surface area contributed by atoms with Crippen LogP contribution in [0, 0.1) is 0 Å². The Kier molecular flexibility index (Phi) is 4.54. The SMILES string of the molecule is CCCNC(=O)CNc1nc2ccc(Br)cc2s1. The van der Waals surface area contributed by atoms with Crippen molar-refractivity contribution < 1.29 is 4.79 Å². The topological polar surface area (TPSA) is 54.0 Å². The lowest BCUT2D eigenvalue weighted by atomic mass is 10.3. The molecule has 2 rings (SSSR count). The van der Waals surface area contributed by atoms with Crippen molar-refractivity contribution in [1.29, 1.82) is 0 Å². The number of halogens is 1. The molecule has 0 saturated carbocycles. The maximum atomic E-state index is 11.4. The number of thiazole rings is 1. The summed E-state index contributed by atoms with van der Waals surface area (Å²) in [6.45, 7) is 3.01. The molecule has 1 heterocycles. The Morgan fingerprint density at radius 1 is 1.50 bits per heavy atom. The van der Waals surface area contributed by atoms with Gasteiger partial charge in [-0.1, -0.05) is 34.2 Å². The summed E-state index contributed by atoms with van der Waals surface area (Å²) in [5.74, 6) is -0.00251. The van der Waals surface area contributed by atoms with Gasteiger partial charge in [0.05, 0.1) is 16.8 Å². The van der Waals surface area contributed by atoms with Gasteiger partial charge in [-0.2, -0.15) is 0 Å². The Bertz CT molecular complexity index is 555. The molecule has 96 valence electrons. The van der Waals surface area contributed by atoms with Crippen LogP contribution in [0.4, 0.5) is 5.13 Å². The van der Waals surface area contributed by atoms with Crippen molar-refractivity contribution in [3.63, 3.8) is 0 Å². The molecule has 0 atom stereocenters. The highest BCUT2D eigenvalue weighted by Crippen LogP contribution is 2.28. The number of amides is 1. The van der Waals surface area contributed by atoms with Crippen molar-refractivity contribution in [3.8, 4) is 0 Å². The number of fused-ring (bicyclic) bond motifs is 1. The number of carbonyl (C=O) groups excluding carboxylic acids is 1. The quantitative estimate of drug-likeness (QED) is 0.887. The molecule has 0 aliphatic heterocycles. The summed E-state index contributed by atoms with van der Waals surface area (Å²) >= 11 is 4.97.